The molecule has 0 heterocycles. The van der Waals surface area contributed by atoms with E-state index in [1.54, 1.807) is 55.3 Å². The molecule has 2 rings (SSSR count). The molecule has 0 radical (unpaired) electrons. The first kappa shape index (κ1) is 22.9. The number of nitrogens with one attached hydrogen (secondary N) is 3. The molecule has 0 unspecified atom stereocenters. The number of hydrogen-bond acceptors (Lipinski definition) is 5. The molecular weight excluding hydrogens is 384 g/mol. The van der Waals surface area contributed by atoms with Crippen LogP contribution >= 0.6 is 0 Å². The maximum Gasteiger partial charge on any atom is 0.321 e. The molecule has 160 valence electrons. The van der Waals surface area contributed by atoms with Gasteiger partial charge in [-0.3, -0.25) is 19.8 Å². The number of methoxy groups -OCH3 is 1. The van der Waals surface area contributed by atoms with Crippen molar-refractivity contribution in [1.82, 2.24) is 15.5 Å². The van der Waals surface area contributed by atoms with Gasteiger partial charge in [0.15, 0.2) is 0 Å². The van der Waals surface area contributed by atoms with Crippen molar-refractivity contribution in [2.24, 2.45) is 0 Å². The summed E-state index contributed by atoms with van der Waals surface area (Å²) in [6.45, 7) is 4.43. The van der Waals surface area contributed by atoms with Gasteiger partial charge in [0.25, 0.3) is 0 Å². The number of anilines is 1. The highest BCUT2D eigenvalue weighted by Gasteiger charge is 2.29. The standard InChI is InChI=1S/C22H28N4O4/c1-4-23-22(29)25-21(28)20(16-9-7-6-8-10-16)26(5-2)15-19(27)24-17-11-13-18(30-3)14-12-17/h6-14,20H,4-5,15H2,1-3H3,(H,24,27)(H2,23,25,28,29)/t20-/m0/s1. The van der Waals surface area contributed by atoms with Crippen LogP contribution in [-0.4, -0.2) is 49.5 Å². The van der Waals surface area contributed by atoms with E-state index in [4.69, 9.17) is 4.74 Å². The predicted octanol–water partition coefficient (Wildman–Crippen LogP) is 2.54. The first-order valence-electron chi connectivity index (χ1n) is 9.80. The van der Waals surface area contributed by atoms with E-state index in [-0.39, 0.29) is 12.5 Å². The van der Waals surface area contributed by atoms with Gasteiger partial charge in [-0.2, -0.15) is 0 Å². The van der Waals surface area contributed by atoms with E-state index in [1.807, 2.05) is 25.1 Å². The highest BCUT2D eigenvalue weighted by atomic mass is 16.5. The minimum Gasteiger partial charge on any atom is -0.497 e. The zero-order valence-corrected chi connectivity index (χ0v) is 17.5. The Kier molecular flexibility index (Phi) is 8.83. The van der Waals surface area contributed by atoms with Gasteiger partial charge in [-0.1, -0.05) is 37.3 Å². The molecular formula is C22H28N4O4. The maximum absolute atomic E-state index is 12.9. The summed E-state index contributed by atoms with van der Waals surface area (Å²) in [6, 6.07) is 14.7. The van der Waals surface area contributed by atoms with Crippen LogP contribution in [0.4, 0.5) is 10.5 Å². The molecule has 2 aromatic carbocycles. The monoisotopic (exact) mass is 412 g/mol. The second-order valence-corrected chi connectivity index (χ2v) is 6.50. The summed E-state index contributed by atoms with van der Waals surface area (Å²) >= 11 is 0. The number of carbonyl (C=O) groups excluding carboxylic acids is 3. The summed E-state index contributed by atoms with van der Waals surface area (Å²) in [7, 11) is 1.57. The fraction of sp³-hybridized carbons (Fsp3) is 0.318. The van der Waals surface area contributed by atoms with Gasteiger partial charge in [0.1, 0.15) is 11.8 Å². The van der Waals surface area contributed by atoms with Crippen LogP contribution in [0.3, 0.4) is 0 Å². The SMILES string of the molecule is CCNC(=O)NC(=O)[C@H](c1ccccc1)N(CC)CC(=O)Nc1ccc(OC)cc1. The van der Waals surface area contributed by atoms with Gasteiger partial charge in [0, 0.05) is 12.2 Å². The van der Waals surface area contributed by atoms with Crippen molar-refractivity contribution in [2.45, 2.75) is 19.9 Å². The van der Waals surface area contributed by atoms with Gasteiger partial charge in [0.05, 0.1) is 13.7 Å². The lowest BCUT2D eigenvalue weighted by Crippen LogP contribution is -2.48. The molecule has 0 saturated heterocycles. The average Bonchev–Trinajstić information content (AvgIpc) is 2.74. The third kappa shape index (κ3) is 6.59. The topological polar surface area (TPSA) is 99.8 Å². The summed E-state index contributed by atoms with van der Waals surface area (Å²) in [5.41, 5.74) is 1.32. The van der Waals surface area contributed by atoms with Gasteiger partial charge in [-0.05, 0) is 43.3 Å². The van der Waals surface area contributed by atoms with Gasteiger partial charge < -0.3 is 15.4 Å². The molecule has 0 aliphatic heterocycles. The largest absolute Gasteiger partial charge is 0.497 e. The number of urea groups is 1. The number of likely N-dealkylation sites (N-methyl/N-ethyl adjacent to an activating group) is 1. The Hall–Kier alpha value is -3.39. The first-order valence-corrected chi connectivity index (χ1v) is 9.80. The number of hydrogen-bond donors (Lipinski definition) is 3. The number of imide groups is 1. The second kappa shape index (κ2) is 11.6. The molecule has 0 bridgehead atoms. The molecule has 0 aliphatic carbocycles. The molecule has 0 saturated carbocycles. The summed E-state index contributed by atoms with van der Waals surface area (Å²) in [5.74, 6) is -0.0747. The molecule has 2 aromatic rings. The zero-order chi connectivity index (χ0) is 21.9. The van der Waals surface area contributed by atoms with Crippen LogP contribution in [0, 0.1) is 0 Å². The van der Waals surface area contributed by atoms with Gasteiger partial charge in [0.2, 0.25) is 11.8 Å². The molecule has 0 aliphatic rings. The van der Waals surface area contributed by atoms with Crippen molar-refractivity contribution in [3.05, 3.63) is 60.2 Å². The van der Waals surface area contributed by atoms with Crippen molar-refractivity contribution in [1.29, 1.82) is 0 Å². The normalized spacial score (nSPS) is 11.5. The van der Waals surface area contributed by atoms with E-state index in [9.17, 15) is 14.4 Å². The quantitative estimate of drug-likeness (QED) is 0.588. The highest BCUT2D eigenvalue weighted by Crippen LogP contribution is 2.21. The Morgan fingerprint density at radius 2 is 1.67 bits per heavy atom. The third-order valence-electron chi connectivity index (χ3n) is 4.43. The number of rotatable bonds is 9. The van der Waals surface area contributed by atoms with Crippen LogP contribution in [-0.2, 0) is 9.59 Å². The molecule has 0 fully saturated rings. The van der Waals surface area contributed by atoms with E-state index in [0.29, 0.717) is 30.1 Å². The lowest BCUT2D eigenvalue weighted by Gasteiger charge is -2.29. The van der Waals surface area contributed by atoms with Gasteiger partial charge >= 0.3 is 6.03 Å². The summed E-state index contributed by atoms with van der Waals surface area (Å²) in [5, 5.41) is 7.71. The van der Waals surface area contributed by atoms with Crippen molar-refractivity contribution in [3.8, 4) is 5.75 Å². The van der Waals surface area contributed by atoms with Crippen LogP contribution in [0.2, 0.25) is 0 Å². The van der Waals surface area contributed by atoms with Crippen LogP contribution in [0.1, 0.15) is 25.5 Å². The lowest BCUT2D eigenvalue weighted by atomic mass is 10.0. The minimum atomic E-state index is -0.791. The fourth-order valence-corrected chi connectivity index (χ4v) is 2.99. The molecule has 30 heavy (non-hydrogen) atoms. The fourth-order valence-electron chi connectivity index (χ4n) is 2.99. The summed E-state index contributed by atoms with van der Waals surface area (Å²) in [4.78, 5) is 39.1. The minimum absolute atomic E-state index is 0.0229. The number of benzene rings is 2. The Labute approximate surface area is 176 Å². The van der Waals surface area contributed by atoms with Gasteiger partial charge in [-0.15, -0.1) is 0 Å². The van der Waals surface area contributed by atoms with Crippen LogP contribution in [0.15, 0.2) is 54.6 Å². The zero-order valence-electron chi connectivity index (χ0n) is 17.5. The molecule has 8 heteroatoms. The molecule has 0 aromatic heterocycles. The molecule has 1 atom stereocenters. The molecule has 3 N–H and O–H groups in total. The van der Waals surface area contributed by atoms with E-state index in [0.717, 1.165) is 0 Å². The van der Waals surface area contributed by atoms with Crippen molar-refractivity contribution < 1.29 is 19.1 Å². The van der Waals surface area contributed by atoms with E-state index < -0.39 is 18.0 Å². The molecule has 0 spiro atoms. The number of ether oxygens (including phenoxy) is 1. The molecule has 8 nitrogen and oxygen atoms in total. The first-order chi connectivity index (χ1) is 14.5. The van der Waals surface area contributed by atoms with E-state index >= 15 is 0 Å². The summed E-state index contributed by atoms with van der Waals surface area (Å²) in [6.07, 6.45) is 0. The molecule has 4 amide bonds. The van der Waals surface area contributed by atoms with Crippen LogP contribution < -0.4 is 20.7 Å². The van der Waals surface area contributed by atoms with Crippen molar-refractivity contribution >= 4 is 23.5 Å². The third-order valence-corrected chi connectivity index (χ3v) is 4.43. The Morgan fingerprint density at radius 1 is 1.00 bits per heavy atom. The second-order valence-electron chi connectivity index (χ2n) is 6.50. The van der Waals surface area contributed by atoms with E-state index in [1.165, 1.54) is 0 Å². The Balaban J connectivity index is 2.16. The van der Waals surface area contributed by atoms with E-state index in [2.05, 4.69) is 16.0 Å². The van der Waals surface area contributed by atoms with Crippen molar-refractivity contribution in [3.63, 3.8) is 0 Å². The number of carbonyl (C=O) groups is 3. The smallest absolute Gasteiger partial charge is 0.321 e. The lowest BCUT2D eigenvalue weighted by molar-refractivity contribution is -0.127. The Bertz CT molecular complexity index is 840. The van der Waals surface area contributed by atoms with Crippen LogP contribution in [0.5, 0.6) is 5.75 Å². The van der Waals surface area contributed by atoms with Crippen LogP contribution in [0.25, 0.3) is 0 Å². The van der Waals surface area contributed by atoms with Crippen molar-refractivity contribution in [2.75, 3.05) is 32.1 Å². The Morgan fingerprint density at radius 3 is 2.23 bits per heavy atom. The van der Waals surface area contributed by atoms with Gasteiger partial charge in [-0.25, -0.2) is 4.79 Å². The number of nitrogens with zero attached hydrogens (tertiary/aromatic N) is 1. The summed E-state index contributed by atoms with van der Waals surface area (Å²) < 4.78 is 5.11. The maximum atomic E-state index is 12.9. The predicted molar refractivity (Wildman–Crippen MR) is 115 cm³/mol. The number of amides is 4. The highest BCUT2D eigenvalue weighted by molar-refractivity contribution is 5.98. The average molecular weight is 412 g/mol.